The Morgan fingerprint density at radius 1 is 1.29 bits per heavy atom. The number of hydrogen-bond donors (Lipinski definition) is 4. The largest absolute Gasteiger partial charge is 0.353 e. The number of nitrogens with one attached hydrogen (secondary N) is 4. The average molecular weight is 383 g/mol. The van der Waals surface area contributed by atoms with Crippen molar-refractivity contribution in [1.82, 2.24) is 20.9 Å². The molecule has 2 fully saturated rings. The summed E-state index contributed by atoms with van der Waals surface area (Å²) in [6.45, 7) is 1.30. The molecule has 4 amide bonds. The fourth-order valence-corrected chi connectivity index (χ4v) is 3.76. The number of hydrogen-bond acceptors (Lipinski definition) is 4. The minimum absolute atomic E-state index is 0.0270. The molecule has 0 radical (unpaired) electrons. The van der Waals surface area contributed by atoms with Gasteiger partial charge in [-0.3, -0.25) is 14.5 Å². The third-order valence-electron chi connectivity index (χ3n) is 5.08. The van der Waals surface area contributed by atoms with Crippen molar-refractivity contribution in [3.05, 3.63) is 30.3 Å². The van der Waals surface area contributed by atoms with Crippen molar-refractivity contribution in [1.29, 1.82) is 0 Å². The molecule has 148 valence electrons. The van der Waals surface area contributed by atoms with Crippen LogP contribution in [-0.4, -0.2) is 60.5 Å². The second-order valence-corrected chi connectivity index (χ2v) is 7.03. The Kier molecular flexibility index (Phi) is 6.50. The molecule has 28 heavy (non-hydrogen) atoms. The quantitative estimate of drug-likeness (QED) is 0.530. The number of piperazine rings is 1. The van der Waals surface area contributed by atoms with Gasteiger partial charge in [-0.15, -0.1) is 6.42 Å². The molecule has 1 aromatic rings. The van der Waals surface area contributed by atoms with E-state index in [2.05, 4.69) is 32.1 Å². The van der Waals surface area contributed by atoms with Gasteiger partial charge in [0.25, 0.3) is 0 Å². The zero-order valence-electron chi connectivity index (χ0n) is 15.6. The number of rotatable bonds is 6. The first-order valence-corrected chi connectivity index (χ1v) is 9.43. The lowest BCUT2D eigenvalue weighted by Gasteiger charge is -2.37. The Hall–Kier alpha value is -3.05. The molecule has 8 nitrogen and oxygen atoms in total. The number of amides is 4. The van der Waals surface area contributed by atoms with Crippen LogP contribution >= 0.6 is 0 Å². The minimum atomic E-state index is -0.290. The highest BCUT2D eigenvalue weighted by Crippen LogP contribution is 2.26. The van der Waals surface area contributed by atoms with Gasteiger partial charge in [-0.1, -0.05) is 24.1 Å². The molecular weight excluding hydrogens is 358 g/mol. The molecule has 4 N–H and O–H groups in total. The van der Waals surface area contributed by atoms with E-state index in [1.807, 2.05) is 30.3 Å². The van der Waals surface area contributed by atoms with E-state index in [0.29, 0.717) is 38.0 Å². The van der Waals surface area contributed by atoms with Crippen molar-refractivity contribution in [2.24, 2.45) is 0 Å². The first-order chi connectivity index (χ1) is 13.6. The molecule has 0 aliphatic carbocycles. The summed E-state index contributed by atoms with van der Waals surface area (Å²) in [6, 6.07) is 8.55. The van der Waals surface area contributed by atoms with Crippen molar-refractivity contribution < 1.29 is 14.4 Å². The summed E-state index contributed by atoms with van der Waals surface area (Å²) in [7, 11) is 0. The van der Waals surface area contributed by atoms with Gasteiger partial charge in [0.2, 0.25) is 11.8 Å². The van der Waals surface area contributed by atoms with Crippen LogP contribution in [0.5, 0.6) is 0 Å². The summed E-state index contributed by atoms with van der Waals surface area (Å²) in [5.41, 5.74) is 0.712. The number of carbonyl (C=O) groups excluding carboxylic acids is 3. The van der Waals surface area contributed by atoms with Crippen molar-refractivity contribution >= 4 is 23.5 Å². The highest BCUT2D eigenvalue weighted by atomic mass is 16.2. The van der Waals surface area contributed by atoms with Crippen molar-refractivity contribution in [2.45, 2.75) is 37.4 Å². The molecule has 3 rings (SSSR count). The Morgan fingerprint density at radius 2 is 2.07 bits per heavy atom. The molecule has 8 heteroatoms. The highest BCUT2D eigenvalue weighted by molar-refractivity contribution is 5.89. The fourth-order valence-electron chi connectivity index (χ4n) is 3.76. The topological polar surface area (TPSA) is 103 Å². The van der Waals surface area contributed by atoms with E-state index < -0.39 is 0 Å². The van der Waals surface area contributed by atoms with Crippen molar-refractivity contribution in [3.8, 4) is 12.3 Å². The van der Waals surface area contributed by atoms with Crippen LogP contribution in [0.25, 0.3) is 0 Å². The van der Waals surface area contributed by atoms with Crippen LogP contribution in [-0.2, 0) is 9.59 Å². The third kappa shape index (κ3) is 5.02. The molecule has 0 aromatic heterocycles. The lowest BCUT2D eigenvalue weighted by molar-refractivity contribution is -0.129. The van der Waals surface area contributed by atoms with E-state index in [1.54, 1.807) is 0 Å². The Bertz CT molecular complexity index is 761. The van der Waals surface area contributed by atoms with Gasteiger partial charge < -0.3 is 21.3 Å². The number of fused-ring (bicyclic) bond motifs is 1. The predicted molar refractivity (Wildman–Crippen MR) is 105 cm³/mol. The van der Waals surface area contributed by atoms with Crippen LogP contribution in [0.4, 0.5) is 10.5 Å². The Balaban J connectivity index is 1.52. The van der Waals surface area contributed by atoms with E-state index in [-0.39, 0.29) is 42.5 Å². The summed E-state index contributed by atoms with van der Waals surface area (Å²) in [4.78, 5) is 38.4. The lowest BCUT2D eigenvalue weighted by atomic mass is 10.0. The summed E-state index contributed by atoms with van der Waals surface area (Å²) in [6.07, 6.45) is 6.66. The number of nitrogens with zero attached hydrogens (tertiary/aromatic N) is 1. The number of anilines is 1. The summed E-state index contributed by atoms with van der Waals surface area (Å²) < 4.78 is 0. The lowest BCUT2D eigenvalue weighted by Crippen LogP contribution is -2.58. The van der Waals surface area contributed by atoms with E-state index in [1.165, 1.54) is 0 Å². The number of urea groups is 1. The normalized spacial score (nSPS) is 23.8. The predicted octanol–water partition coefficient (Wildman–Crippen LogP) is 0.279. The first-order valence-electron chi connectivity index (χ1n) is 9.43. The Morgan fingerprint density at radius 3 is 2.82 bits per heavy atom. The molecule has 3 atom stereocenters. The van der Waals surface area contributed by atoms with Gasteiger partial charge in [0, 0.05) is 37.3 Å². The molecular formula is C20H25N5O3. The third-order valence-corrected chi connectivity index (χ3v) is 5.08. The minimum Gasteiger partial charge on any atom is -0.353 e. The fraction of sp³-hybridized carbons (Fsp3) is 0.450. The maximum absolute atomic E-state index is 12.2. The number of para-hydroxylation sites is 1. The van der Waals surface area contributed by atoms with Crippen LogP contribution in [0.3, 0.4) is 0 Å². The van der Waals surface area contributed by atoms with E-state index in [4.69, 9.17) is 6.42 Å². The molecule has 3 unspecified atom stereocenters. The SMILES string of the molecule is C#CCNC(=O)CCC1CNC(=O)C2CC(NC(=O)Nc3ccccc3)CN12. The smallest absolute Gasteiger partial charge is 0.319 e. The van der Waals surface area contributed by atoms with Gasteiger partial charge in [-0.2, -0.15) is 0 Å². The van der Waals surface area contributed by atoms with E-state index in [9.17, 15) is 14.4 Å². The average Bonchev–Trinajstić information content (AvgIpc) is 3.11. The molecule has 0 saturated carbocycles. The second-order valence-electron chi connectivity index (χ2n) is 7.03. The summed E-state index contributed by atoms with van der Waals surface area (Å²) in [5, 5.41) is 11.3. The van der Waals surface area contributed by atoms with Gasteiger partial charge in [0.05, 0.1) is 12.6 Å². The van der Waals surface area contributed by atoms with Crippen LogP contribution < -0.4 is 21.3 Å². The molecule has 2 heterocycles. The van der Waals surface area contributed by atoms with Crippen LogP contribution in [0.1, 0.15) is 19.3 Å². The van der Waals surface area contributed by atoms with E-state index >= 15 is 0 Å². The number of carbonyl (C=O) groups is 3. The highest BCUT2D eigenvalue weighted by Gasteiger charge is 2.43. The number of terminal acetylenes is 1. The van der Waals surface area contributed by atoms with Crippen molar-refractivity contribution in [3.63, 3.8) is 0 Å². The van der Waals surface area contributed by atoms with Crippen LogP contribution in [0.15, 0.2) is 30.3 Å². The molecule has 2 aliphatic heterocycles. The zero-order valence-corrected chi connectivity index (χ0v) is 15.6. The standard InChI is InChI=1S/C20H25N5O3/c1-2-10-21-18(26)9-8-16-12-22-19(27)17-11-15(13-25(16)17)24-20(28)23-14-6-4-3-5-7-14/h1,3-7,15-17H,8-13H2,(H,21,26)(H,22,27)(H2,23,24,28). The molecule has 2 saturated heterocycles. The molecule has 0 spiro atoms. The first kappa shape index (κ1) is 19.7. The second kappa shape index (κ2) is 9.24. The maximum Gasteiger partial charge on any atom is 0.319 e. The van der Waals surface area contributed by atoms with Crippen LogP contribution in [0.2, 0.25) is 0 Å². The zero-order chi connectivity index (χ0) is 19.9. The van der Waals surface area contributed by atoms with Gasteiger partial charge in [-0.25, -0.2) is 4.79 Å². The van der Waals surface area contributed by atoms with Gasteiger partial charge in [0.15, 0.2) is 0 Å². The summed E-state index contributed by atoms with van der Waals surface area (Å²) >= 11 is 0. The molecule has 2 aliphatic rings. The Labute approximate surface area is 164 Å². The molecule has 0 bridgehead atoms. The van der Waals surface area contributed by atoms with Crippen LogP contribution in [0, 0.1) is 12.3 Å². The van der Waals surface area contributed by atoms with Crippen molar-refractivity contribution in [2.75, 3.05) is 25.0 Å². The van der Waals surface area contributed by atoms with Gasteiger partial charge in [-0.05, 0) is 25.0 Å². The van der Waals surface area contributed by atoms with Gasteiger partial charge >= 0.3 is 6.03 Å². The maximum atomic E-state index is 12.2. The van der Waals surface area contributed by atoms with Gasteiger partial charge in [0.1, 0.15) is 0 Å². The number of benzene rings is 1. The molecule has 1 aromatic carbocycles. The summed E-state index contributed by atoms with van der Waals surface area (Å²) in [5.74, 6) is 2.25. The monoisotopic (exact) mass is 383 g/mol. The van der Waals surface area contributed by atoms with E-state index in [0.717, 1.165) is 0 Å².